The minimum absolute atomic E-state index is 0.145. The summed E-state index contributed by atoms with van der Waals surface area (Å²) in [5.41, 5.74) is 1.60. The zero-order chi connectivity index (χ0) is 20.2. The number of benzene rings is 2. The van der Waals surface area contributed by atoms with Gasteiger partial charge in [0.25, 0.3) is 5.91 Å². The number of esters is 1. The van der Waals surface area contributed by atoms with Crippen LogP contribution in [0, 0.1) is 0 Å². The van der Waals surface area contributed by atoms with Crippen LogP contribution in [0.1, 0.15) is 20.7 Å². The van der Waals surface area contributed by atoms with Crippen LogP contribution in [0.2, 0.25) is 0 Å². The molecule has 1 amide bonds. The first kappa shape index (κ1) is 18.2. The lowest BCUT2D eigenvalue weighted by Crippen LogP contribution is -2.13. The number of anilines is 3. The molecule has 2 aromatic carbocycles. The van der Waals surface area contributed by atoms with Gasteiger partial charge in [-0.1, -0.05) is 0 Å². The van der Waals surface area contributed by atoms with Gasteiger partial charge < -0.3 is 24.8 Å². The minimum atomic E-state index is -0.404. The summed E-state index contributed by atoms with van der Waals surface area (Å²) in [7, 11) is 1.33. The number of hydrogen-bond donors (Lipinski definition) is 2. The number of methoxy groups -OCH3 is 1. The van der Waals surface area contributed by atoms with Gasteiger partial charge in [0.05, 0.1) is 12.7 Å². The van der Waals surface area contributed by atoms with Crippen LogP contribution >= 0.6 is 0 Å². The smallest absolute Gasteiger partial charge is 0.337 e. The minimum Gasteiger partial charge on any atom is -0.465 e. The number of nitrogens with zero attached hydrogens (tertiary/aromatic N) is 2. The van der Waals surface area contributed by atoms with Gasteiger partial charge in [-0.2, -0.15) is 0 Å². The van der Waals surface area contributed by atoms with E-state index in [1.165, 1.54) is 7.11 Å². The largest absolute Gasteiger partial charge is 0.465 e. The molecule has 2 heterocycles. The van der Waals surface area contributed by atoms with E-state index in [-0.39, 0.29) is 12.7 Å². The molecule has 0 atom stereocenters. The maximum Gasteiger partial charge on any atom is 0.337 e. The molecule has 0 saturated heterocycles. The molecule has 146 valence electrons. The van der Waals surface area contributed by atoms with E-state index in [1.807, 2.05) is 0 Å². The van der Waals surface area contributed by atoms with E-state index in [0.29, 0.717) is 34.3 Å². The van der Waals surface area contributed by atoms with E-state index >= 15 is 0 Å². The highest BCUT2D eigenvalue weighted by atomic mass is 16.7. The molecule has 0 aliphatic carbocycles. The van der Waals surface area contributed by atoms with Crippen molar-refractivity contribution in [2.24, 2.45) is 0 Å². The van der Waals surface area contributed by atoms with Crippen molar-refractivity contribution in [3.63, 3.8) is 0 Å². The second-order valence-corrected chi connectivity index (χ2v) is 6.02. The predicted octanol–water partition coefficient (Wildman–Crippen LogP) is 2.99. The number of rotatable bonds is 5. The quantitative estimate of drug-likeness (QED) is 0.638. The second kappa shape index (κ2) is 7.85. The van der Waals surface area contributed by atoms with Crippen molar-refractivity contribution in [2.75, 3.05) is 24.5 Å². The van der Waals surface area contributed by atoms with E-state index in [4.69, 9.17) is 9.47 Å². The number of nitrogens with one attached hydrogen (secondary N) is 2. The molecule has 29 heavy (non-hydrogen) atoms. The standard InChI is InChI=1S/C20H16N4O5/c1-27-20(26)12-2-5-14(6-3-12)21-17-8-9-18(24-23-17)22-19(25)13-4-7-15-16(10-13)29-11-28-15/h2-10H,11H2,1H3,(H,21,23)(H,22,24,25). The second-order valence-electron chi connectivity index (χ2n) is 6.02. The zero-order valence-corrected chi connectivity index (χ0v) is 15.3. The summed E-state index contributed by atoms with van der Waals surface area (Å²) in [5.74, 6) is 1.18. The molecule has 0 fully saturated rings. The Morgan fingerprint density at radius 1 is 0.897 bits per heavy atom. The van der Waals surface area contributed by atoms with E-state index in [9.17, 15) is 9.59 Å². The third-order valence-electron chi connectivity index (χ3n) is 4.12. The van der Waals surface area contributed by atoms with Crippen LogP contribution in [0.4, 0.5) is 17.3 Å². The molecule has 0 spiro atoms. The van der Waals surface area contributed by atoms with E-state index in [1.54, 1.807) is 54.6 Å². The Labute approximate surface area is 165 Å². The van der Waals surface area contributed by atoms with Gasteiger partial charge in [-0.25, -0.2) is 4.79 Å². The Balaban J connectivity index is 1.39. The number of carbonyl (C=O) groups is 2. The van der Waals surface area contributed by atoms with Crippen molar-refractivity contribution in [1.29, 1.82) is 0 Å². The zero-order valence-electron chi connectivity index (χ0n) is 15.3. The number of carbonyl (C=O) groups excluding carboxylic acids is 2. The van der Waals surface area contributed by atoms with Crippen LogP contribution in [0.5, 0.6) is 11.5 Å². The fraction of sp³-hybridized carbons (Fsp3) is 0.100. The summed E-state index contributed by atoms with van der Waals surface area (Å²) >= 11 is 0. The van der Waals surface area contributed by atoms with Gasteiger partial charge in [0.15, 0.2) is 23.1 Å². The summed E-state index contributed by atoms with van der Waals surface area (Å²) < 4.78 is 15.2. The van der Waals surface area contributed by atoms with E-state index < -0.39 is 5.97 Å². The van der Waals surface area contributed by atoms with Gasteiger partial charge in [0, 0.05) is 11.3 Å². The molecule has 4 rings (SSSR count). The molecule has 1 aliphatic rings. The maximum atomic E-state index is 12.4. The monoisotopic (exact) mass is 392 g/mol. The lowest BCUT2D eigenvalue weighted by atomic mass is 10.2. The number of hydrogen-bond acceptors (Lipinski definition) is 8. The fourth-order valence-corrected chi connectivity index (χ4v) is 2.65. The van der Waals surface area contributed by atoms with Gasteiger partial charge >= 0.3 is 5.97 Å². The van der Waals surface area contributed by atoms with Gasteiger partial charge in [0.1, 0.15) is 0 Å². The van der Waals surface area contributed by atoms with Gasteiger partial charge in [0.2, 0.25) is 6.79 Å². The molecule has 1 aromatic heterocycles. The topological polar surface area (TPSA) is 112 Å². The van der Waals surface area contributed by atoms with Crippen molar-refractivity contribution in [2.45, 2.75) is 0 Å². The number of ether oxygens (including phenoxy) is 3. The van der Waals surface area contributed by atoms with E-state index in [2.05, 4.69) is 25.6 Å². The molecule has 0 saturated carbocycles. The highest BCUT2D eigenvalue weighted by molar-refractivity contribution is 6.04. The molecule has 2 N–H and O–H groups in total. The van der Waals surface area contributed by atoms with Crippen LogP contribution in [-0.4, -0.2) is 36.0 Å². The van der Waals surface area contributed by atoms with Gasteiger partial charge in [-0.05, 0) is 54.6 Å². The molecule has 9 heteroatoms. The third kappa shape index (κ3) is 4.08. The van der Waals surface area contributed by atoms with Crippen LogP contribution < -0.4 is 20.1 Å². The molecule has 0 radical (unpaired) electrons. The molecular formula is C20H16N4O5. The molecule has 0 bridgehead atoms. The SMILES string of the molecule is COC(=O)c1ccc(Nc2ccc(NC(=O)c3ccc4c(c3)OCO4)nn2)cc1. The molecular weight excluding hydrogens is 376 g/mol. The van der Waals surface area contributed by atoms with Gasteiger partial charge in [-0.3, -0.25) is 4.79 Å². The van der Waals surface area contributed by atoms with Crippen molar-refractivity contribution in [3.05, 3.63) is 65.7 Å². The highest BCUT2D eigenvalue weighted by Gasteiger charge is 2.16. The van der Waals surface area contributed by atoms with Gasteiger partial charge in [-0.15, -0.1) is 10.2 Å². The molecule has 1 aliphatic heterocycles. The van der Waals surface area contributed by atoms with Crippen LogP contribution in [0.3, 0.4) is 0 Å². The summed E-state index contributed by atoms with van der Waals surface area (Å²) in [4.78, 5) is 23.8. The first-order chi connectivity index (χ1) is 14.1. The molecule has 9 nitrogen and oxygen atoms in total. The number of aromatic nitrogens is 2. The molecule has 3 aromatic rings. The summed E-state index contributed by atoms with van der Waals surface area (Å²) in [5, 5.41) is 13.8. The Bertz CT molecular complexity index is 1050. The van der Waals surface area contributed by atoms with Crippen molar-refractivity contribution < 1.29 is 23.8 Å². The van der Waals surface area contributed by atoms with Crippen molar-refractivity contribution in [1.82, 2.24) is 10.2 Å². The fourth-order valence-electron chi connectivity index (χ4n) is 2.65. The molecule has 0 unspecified atom stereocenters. The normalized spacial score (nSPS) is 11.6. The number of fused-ring (bicyclic) bond motifs is 1. The Kier molecular flexibility index (Phi) is 4.93. The third-order valence-corrected chi connectivity index (χ3v) is 4.12. The Hall–Kier alpha value is -4.14. The van der Waals surface area contributed by atoms with E-state index in [0.717, 1.165) is 5.69 Å². The average molecular weight is 392 g/mol. The average Bonchev–Trinajstić information content (AvgIpc) is 3.23. The summed E-state index contributed by atoms with van der Waals surface area (Å²) in [6.45, 7) is 0.145. The first-order valence-electron chi connectivity index (χ1n) is 8.62. The van der Waals surface area contributed by atoms with Crippen molar-refractivity contribution >= 4 is 29.2 Å². The lowest BCUT2D eigenvalue weighted by molar-refractivity contribution is 0.0600. The van der Waals surface area contributed by atoms with Crippen LogP contribution in [0.25, 0.3) is 0 Å². The lowest BCUT2D eigenvalue weighted by Gasteiger charge is -2.08. The predicted molar refractivity (Wildman–Crippen MR) is 104 cm³/mol. The van der Waals surface area contributed by atoms with Crippen molar-refractivity contribution in [3.8, 4) is 11.5 Å². The van der Waals surface area contributed by atoms with Crippen LogP contribution in [-0.2, 0) is 4.74 Å². The van der Waals surface area contributed by atoms with Crippen LogP contribution in [0.15, 0.2) is 54.6 Å². The summed E-state index contributed by atoms with van der Waals surface area (Å²) in [6, 6.07) is 15.0. The summed E-state index contributed by atoms with van der Waals surface area (Å²) in [6.07, 6.45) is 0. The highest BCUT2D eigenvalue weighted by Crippen LogP contribution is 2.32. The number of amides is 1. The Morgan fingerprint density at radius 3 is 2.31 bits per heavy atom. The first-order valence-corrected chi connectivity index (χ1v) is 8.62. The Morgan fingerprint density at radius 2 is 1.59 bits per heavy atom. The maximum absolute atomic E-state index is 12.4.